The zero-order chi connectivity index (χ0) is 14.5. The summed E-state index contributed by atoms with van der Waals surface area (Å²) in [6.07, 6.45) is 0.548. The number of amides is 1. The van der Waals surface area contributed by atoms with Crippen molar-refractivity contribution >= 4 is 22.5 Å². The number of amidine groups is 1. The van der Waals surface area contributed by atoms with E-state index < -0.39 is 6.04 Å². The van der Waals surface area contributed by atoms with Gasteiger partial charge in [0.2, 0.25) is 0 Å². The summed E-state index contributed by atoms with van der Waals surface area (Å²) in [5.74, 6) is -0.235. The molecule has 0 heterocycles. The molecule has 20 heavy (non-hydrogen) atoms. The van der Waals surface area contributed by atoms with E-state index in [2.05, 4.69) is 10.5 Å². The third-order valence-electron chi connectivity index (χ3n) is 3.22. The van der Waals surface area contributed by atoms with Gasteiger partial charge in [0.05, 0.1) is 6.04 Å². The Morgan fingerprint density at radius 3 is 2.70 bits per heavy atom. The molecular weight excluding hydrogens is 254 g/mol. The van der Waals surface area contributed by atoms with Gasteiger partial charge in [-0.2, -0.15) is 0 Å². The maximum Gasteiger partial charge on any atom is 0.252 e. The topological polar surface area (TPSA) is 87.7 Å². The van der Waals surface area contributed by atoms with Crippen LogP contribution in [-0.4, -0.2) is 23.0 Å². The first-order chi connectivity index (χ1) is 9.67. The average Bonchev–Trinajstić information content (AvgIpc) is 2.51. The third kappa shape index (κ3) is 2.71. The highest BCUT2D eigenvalue weighted by Crippen LogP contribution is 2.18. The molecule has 0 aliphatic heterocycles. The summed E-state index contributed by atoms with van der Waals surface area (Å²) in [5.41, 5.74) is 6.13. The van der Waals surface area contributed by atoms with Crippen LogP contribution in [0.2, 0.25) is 0 Å². The molecule has 0 radical (unpaired) electrons. The lowest BCUT2D eigenvalue weighted by atomic mass is 10.0. The summed E-state index contributed by atoms with van der Waals surface area (Å²) in [6.45, 7) is 1.85. The van der Waals surface area contributed by atoms with E-state index in [0.29, 0.717) is 12.0 Å². The molecule has 1 amide bonds. The molecule has 0 spiro atoms. The lowest BCUT2D eigenvalue weighted by molar-refractivity contribution is 0.0947. The summed E-state index contributed by atoms with van der Waals surface area (Å²) in [7, 11) is 0. The minimum absolute atomic E-state index is 0.00101. The third-order valence-corrected chi connectivity index (χ3v) is 3.22. The van der Waals surface area contributed by atoms with Crippen molar-refractivity contribution in [1.29, 1.82) is 0 Å². The summed E-state index contributed by atoms with van der Waals surface area (Å²) >= 11 is 0. The highest BCUT2D eigenvalue weighted by atomic mass is 16.4. The molecule has 0 aliphatic rings. The molecule has 5 heteroatoms. The number of benzene rings is 2. The normalized spacial score (nSPS) is 13.2. The first-order valence-corrected chi connectivity index (χ1v) is 6.43. The van der Waals surface area contributed by atoms with Gasteiger partial charge in [0.15, 0.2) is 5.84 Å². The van der Waals surface area contributed by atoms with Crippen molar-refractivity contribution in [3.05, 3.63) is 48.0 Å². The predicted molar refractivity (Wildman–Crippen MR) is 78.9 cm³/mol. The Labute approximate surface area is 117 Å². The van der Waals surface area contributed by atoms with E-state index in [9.17, 15) is 4.79 Å². The van der Waals surface area contributed by atoms with Crippen molar-refractivity contribution in [2.75, 3.05) is 0 Å². The van der Waals surface area contributed by atoms with Crippen molar-refractivity contribution in [3.8, 4) is 0 Å². The fourth-order valence-corrected chi connectivity index (χ4v) is 2.11. The van der Waals surface area contributed by atoms with Crippen molar-refractivity contribution in [2.24, 2.45) is 10.9 Å². The number of oxime groups is 1. The lowest BCUT2D eigenvalue weighted by Crippen LogP contribution is -2.44. The van der Waals surface area contributed by atoms with E-state index in [-0.39, 0.29) is 11.7 Å². The van der Waals surface area contributed by atoms with Crippen molar-refractivity contribution in [1.82, 2.24) is 5.32 Å². The van der Waals surface area contributed by atoms with E-state index in [0.717, 1.165) is 10.8 Å². The molecule has 2 aromatic rings. The Bertz CT molecular complexity index is 647. The Morgan fingerprint density at radius 2 is 2.00 bits per heavy atom. The number of hydrogen-bond acceptors (Lipinski definition) is 3. The van der Waals surface area contributed by atoms with Crippen molar-refractivity contribution in [3.63, 3.8) is 0 Å². The molecule has 104 valence electrons. The highest BCUT2D eigenvalue weighted by Gasteiger charge is 2.17. The fourth-order valence-electron chi connectivity index (χ4n) is 2.11. The lowest BCUT2D eigenvalue weighted by Gasteiger charge is -2.16. The smallest absolute Gasteiger partial charge is 0.252 e. The first-order valence-electron chi connectivity index (χ1n) is 6.43. The minimum Gasteiger partial charge on any atom is -0.409 e. The van der Waals surface area contributed by atoms with Crippen LogP contribution < -0.4 is 11.1 Å². The standard InChI is InChI=1S/C15H17N3O2/c1-2-13(14(16)18-20)17-15(19)12-9-5-7-10-6-3-4-8-11(10)12/h3-9,13,20H,2H2,1H3,(H2,16,18)(H,17,19). The van der Waals surface area contributed by atoms with Gasteiger partial charge in [-0.3, -0.25) is 4.79 Å². The quantitative estimate of drug-likeness (QED) is 0.344. The number of rotatable bonds is 4. The second-order valence-electron chi connectivity index (χ2n) is 4.49. The van der Waals surface area contributed by atoms with Gasteiger partial charge in [-0.15, -0.1) is 0 Å². The molecule has 2 aromatic carbocycles. The van der Waals surface area contributed by atoms with Crippen LogP contribution in [0.3, 0.4) is 0 Å². The number of nitrogens with two attached hydrogens (primary N) is 1. The maximum atomic E-state index is 12.3. The zero-order valence-electron chi connectivity index (χ0n) is 11.2. The van der Waals surface area contributed by atoms with Gasteiger partial charge in [0, 0.05) is 5.56 Å². The van der Waals surface area contributed by atoms with Gasteiger partial charge >= 0.3 is 0 Å². The molecular formula is C15H17N3O2. The summed E-state index contributed by atoms with van der Waals surface area (Å²) in [4.78, 5) is 12.3. The molecule has 0 saturated heterocycles. The van der Waals surface area contributed by atoms with Crippen LogP contribution in [0.5, 0.6) is 0 Å². The van der Waals surface area contributed by atoms with Gasteiger partial charge < -0.3 is 16.3 Å². The van der Waals surface area contributed by atoms with Crippen LogP contribution in [0.15, 0.2) is 47.6 Å². The van der Waals surface area contributed by atoms with Crippen LogP contribution in [-0.2, 0) is 0 Å². The van der Waals surface area contributed by atoms with Gasteiger partial charge in [0.1, 0.15) is 0 Å². The molecule has 0 aliphatic carbocycles. The number of hydrogen-bond donors (Lipinski definition) is 3. The number of nitrogens with one attached hydrogen (secondary N) is 1. The Morgan fingerprint density at radius 1 is 1.30 bits per heavy atom. The average molecular weight is 271 g/mol. The monoisotopic (exact) mass is 271 g/mol. The van der Waals surface area contributed by atoms with E-state index >= 15 is 0 Å². The van der Waals surface area contributed by atoms with Crippen LogP contribution in [0.25, 0.3) is 10.8 Å². The van der Waals surface area contributed by atoms with Crippen LogP contribution in [0.1, 0.15) is 23.7 Å². The minimum atomic E-state index is -0.480. The largest absolute Gasteiger partial charge is 0.409 e. The van der Waals surface area contributed by atoms with E-state index in [1.54, 1.807) is 6.07 Å². The van der Waals surface area contributed by atoms with E-state index in [4.69, 9.17) is 10.9 Å². The second kappa shape index (κ2) is 6.06. The molecule has 0 fully saturated rings. The Kier molecular flexibility index (Phi) is 4.20. The van der Waals surface area contributed by atoms with E-state index in [1.807, 2.05) is 43.3 Å². The zero-order valence-corrected chi connectivity index (χ0v) is 11.2. The molecule has 2 rings (SSSR count). The molecule has 0 bridgehead atoms. The highest BCUT2D eigenvalue weighted by molar-refractivity contribution is 6.08. The number of carbonyl (C=O) groups is 1. The maximum absolute atomic E-state index is 12.3. The van der Waals surface area contributed by atoms with E-state index in [1.165, 1.54) is 0 Å². The number of nitrogens with zero attached hydrogens (tertiary/aromatic N) is 1. The van der Waals surface area contributed by atoms with Gasteiger partial charge in [-0.05, 0) is 23.3 Å². The molecule has 1 atom stereocenters. The SMILES string of the molecule is CCC(NC(=O)c1cccc2ccccc12)/C(N)=N/O. The molecule has 4 N–H and O–H groups in total. The summed E-state index contributed by atoms with van der Waals surface area (Å²) in [5, 5.41) is 16.3. The number of carbonyl (C=O) groups excluding carboxylic acids is 1. The predicted octanol–water partition coefficient (Wildman–Crippen LogP) is 2.09. The molecule has 5 nitrogen and oxygen atoms in total. The van der Waals surface area contributed by atoms with Crippen molar-refractivity contribution in [2.45, 2.75) is 19.4 Å². The van der Waals surface area contributed by atoms with Gasteiger partial charge in [-0.1, -0.05) is 48.5 Å². The van der Waals surface area contributed by atoms with Crippen LogP contribution in [0.4, 0.5) is 0 Å². The fraction of sp³-hybridized carbons (Fsp3) is 0.200. The second-order valence-corrected chi connectivity index (χ2v) is 4.49. The Balaban J connectivity index is 2.32. The molecule has 0 aromatic heterocycles. The Hall–Kier alpha value is -2.56. The molecule has 0 saturated carbocycles. The van der Waals surface area contributed by atoms with Crippen molar-refractivity contribution < 1.29 is 10.0 Å². The number of fused-ring (bicyclic) bond motifs is 1. The summed E-state index contributed by atoms with van der Waals surface area (Å²) < 4.78 is 0. The van der Waals surface area contributed by atoms with Crippen LogP contribution >= 0.6 is 0 Å². The first kappa shape index (κ1) is 13.9. The van der Waals surface area contributed by atoms with Crippen LogP contribution in [0, 0.1) is 0 Å². The van der Waals surface area contributed by atoms with Gasteiger partial charge in [0.25, 0.3) is 5.91 Å². The van der Waals surface area contributed by atoms with Gasteiger partial charge in [-0.25, -0.2) is 0 Å². The molecule has 1 unspecified atom stereocenters. The summed E-state index contributed by atoms with van der Waals surface area (Å²) in [6, 6.07) is 12.7.